The van der Waals surface area contributed by atoms with Gasteiger partial charge in [0.2, 0.25) is 0 Å². The van der Waals surface area contributed by atoms with E-state index in [1.54, 1.807) is 12.0 Å². The van der Waals surface area contributed by atoms with Crippen LogP contribution < -0.4 is 9.64 Å². The molecule has 6 nitrogen and oxygen atoms in total. The minimum absolute atomic E-state index is 0.0892. The van der Waals surface area contributed by atoms with Crippen molar-refractivity contribution in [3.8, 4) is 17.0 Å². The lowest BCUT2D eigenvalue weighted by Crippen LogP contribution is -2.37. The van der Waals surface area contributed by atoms with Gasteiger partial charge in [-0.05, 0) is 44.4 Å². The topological polar surface area (TPSA) is 58.6 Å². The Kier molecular flexibility index (Phi) is 6.44. The number of rotatable bonds is 7. The van der Waals surface area contributed by atoms with Crippen LogP contribution in [0.2, 0.25) is 0 Å². The van der Waals surface area contributed by atoms with E-state index in [0.717, 1.165) is 38.1 Å². The first-order chi connectivity index (χ1) is 17.0. The molecule has 0 radical (unpaired) electrons. The zero-order chi connectivity index (χ0) is 24.4. The molecule has 0 aliphatic carbocycles. The average Bonchev–Trinajstić information content (AvgIpc) is 3.31. The van der Waals surface area contributed by atoms with Crippen LogP contribution in [0, 0.1) is 0 Å². The van der Waals surface area contributed by atoms with Crippen LogP contribution in [-0.4, -0.2) is 55.1 Å². The summed E-state index contributed by atoms with van der Waals surface area (Å²) in [6, 6.07) is 25.4. The van der Waals surface area contributed by atoms with Gasteiger partial charge in [-0.25, -0.2) is 9.97 Å². The number of nitrogens with zero attached hydrogens (tertiary/aromatic N) is 4. The normalized spacial score (nSPS) is 11.3. The molecule has 0 saturated heterocycles. The van der Waals surface area contributed by atoms with Gasteiger partial charge in [0.15, 0.2) is 5.13 Å². The maximum atomic E-state index is 14.2. The molecule has 0 bridgehead atoms. The van der Waals surface area contributed by atoms with Crippen LogP contribution in [-0.2, 0) is 0 Å². The van der Waals surface area contributed by atoms with E-state index in [2.05, 4.69) is 4.90 Å². The predicted molar refractivity (Wildman–Crippen MR) is 144 cm³/mol. The van der Waals surface area contributed by atoms with Crippen molar-refractivity contribution in [2.24, 2.45) is 0 Å². The zero-order valence-corrected chi connectivity index (χ0v) is 20.7. The van der Waals surface area contributed by atoms with Gasteiger partial charge in [0, 0.05) is 24.0 Å². The number of fused-ring (bicyclic) bond motifs is 2. The first-order valence-electron chi connectivity index (χ1n) is 11.4. The van der Waals surface area contributed by atoms with Crippen LogP contribution in [0.1, 0.15) is 10.4 Å². The fourth-order valence-corrected chi connectivity index (χ4v) is 4.99. The molecule has 5 rings (SSSR count). The van der Waals surface area contributed by atoms with Crippen LogP contribution in [0.25, 0.3) is 32.4 Å². The van der Waals surface area contributed by atoms with E-state index in [1.807, 2.05) is 93.0 Å². The van der Waals surface area contributed by atoms with Crippen LogP contribution in [0.15, 0.2) is 78.9 Å². The lowest BCUT2D eigenvalue weighted by atomic mass is 10.0. The number of carbonyl (C=O) groups is 1. The number of ether oxygens (including phenoxy) is 1. The standard InChI is InChI=1S/C28H26N4O2S/c1-31(2)15-16-32(28-30-24-14-13-20(34-3)17-26(24)35-28)27(33)22-18-25(19-9-5-4-6-10-19)29-23-12-8-7-11-21(22)23/h4-14,17-18H,15-16H2,1-3H3. The van der Waals surface area contributed by atoms with Crippen molar-refractivity contribution in [1.82, 2.24) is 14.9 Å². The molecule has 2 heterocycles. The van der Waals surface area contributed by atoms with Crippen molar-refractivity contribution in [3.05, 3.63) is 84.4 Å². The number of likely N-dealkylation sites (N-methyl/N-ethyl adjacent to an activating group) is 1. The third kappa shape index (κ3) is 4.73. The number of anilines is 1. The van der Waals surface area contributed by atoms with Crippen molar-refractivity contribution in [1.29, 1.82) is 0 Å². The molecule has 7 heteroatoms. The van der Waals surface area contributed by atoms with Crippen molar-refractivity contribution in [2.45, 2.75) is 0 Å². The van der Waals surface area contributed by atoms with E-state index >= 15 is 0 Å². The summed E-state index contributed by atoms with van der Waals surface area (Å²) in [5, 5.41) is 1.50. The third-order valence-electron chi connectivity index (χ3n) is 5.85. The molecule has 0 aliphatic rings. The maximum absolute atomic E-state index is 14.2. The van der Waals surface area contributed by atoms with E-state index < -0.39 is 0 Å². The predicted octanol–water partition coefficient (Wildman–Crippen LogP) is 5.73. The molecule has 5 aromatic rings. The fourth-order valence-electron chi connectivity index (χ4n) is 3.97. The SMILES string of the molecule is COc1ccc2nc(N(CCN(C)C)C(=O)c3cc(-c4ccccc4)nc4ccccc34)sc2c1. The summed E-state index contributed by atoms with van der Waals surface area (Å²) in [6.07, 6.45) is 0. The molecule has 0 atom stereocenters. The minimum atomic E-state index is -0.0892. The monoisotopic (exact) mass is 482 g/mol. The molecule has 3 aromatic carbocycles. The lowest BCUT2D eigenvalue weighted by molar-refractivity contribution is 0.0986. The highest BCUT2D eigenvalue weighted by atomic mass is 32.1. The van der Waals surface area contributed by atoms with E-state index in [1.165, 1.54) is 11.3 Å². The number of pyridine rings is 1. The lowest BCUT2D eigenvalue weighted by Gasteiger charge is -2.23. The molecule has 1 amide bonds. The number of aromatic nitrogens is 2. The number of para-hydroxylation sites is 1. The van der Waals surface area contributed by atoms with Crippen molar-refractivity contribution in [3.63, 3.8) is 0 Å². The summed E-state index contributed by atoms with van der Waals surface area (Å²) in [6.45, 7) is 1.22. The van der Waals surface area contributed by atoms with Crippen molar-refractivity contribution >= 4 is 43.5 Å². The smallest absolute Gasteiger partial charge is 0.260 e. The van der Waals surface area contributed by atoms with Gasteiger partial charge in [0.25, 0.3) is 5.91 Å². The first-order valence-corrected chi connectivity index (χ1v) is 12.2. The highest BCUT2D eigenvalue weighted by Crippen LogP contribution is 2.33. The number of methoxy groups -OCH3 is 1. The Morgan fingerprint density at radius 1 is 0.886 bits per heavy atom. The third-order valence-corrected chi connectivity index (χ3v) is 6.89. The maximum Gasteiger partial charge on any atom is 0.260 e. The van der Waals surface area contributed by atoms with Gasteiger partial charge in [-0.2, -0.15) is 0 Å². The van der Waals surface area contributed by atoms with Gasteiger partial charge in [-0.15, -0.1) is 0 Å². The first kappa shape index (κ1) is 23.0. The molecule has 0 aliphatic heterocycles. The average molecular weight is 483 g/mol. The molecular formula is C28H26N4O2S. The number of carbonyl (C=O) groups excluding carboxylic acids is 1. The molecular weight excluding hydrogens is 456 g/mol. The fraction of sp³-hybridized carbons (Fsp3) is 0.179. The van der Waals surface area contributed by atoms with Gasteiger partial charge < -0.3 is 9.64 Å². The van der Waals surface area contributed by atoms with Gasteiger partial charge in [-0.1, -0.05) is 59.9 Å². The van der Waals surface area contributed by atoms with Crippen LogP contribution >= 0.6 is 11.3 Å². The largest absolute Gasteiger partial charge is 0.497 e. The highest BCUT2D eigenvalue weighted by Gasteiger charge is 2.24. The second-order valence-electron chi connectivity index (χ2n) is 8.53. The Hall–Kier alpha value is -3.81. The summed E-state index contributed by atoms with van der Waals surface area (Å²) in [5.41, 5.74) is 4.00. The van der Waals surface area contributed by atoms with E-state index in [0.29, 0.717) is 23.8 Å². The molecule has 0 saturated carbocycles. The van der Waals surface area contributed by atoms with E-state index in [-0.39, 0.29) is 5.91 Å². The van der Waals surface area contributed by atoms with Gasteiger partial charge >= 0.3 is 0 Å². The molecule has 0 fully saturated rings. The Balaban J connectivity index is 1.63. The summed E-state index contributed by atoms with van der Waals surface area (Å²) in [7, 11) is 5.65. The van der Waals surface area contributed by atoms with Gasteiger partial charge in [-0.3, -0.25) is 9.69 Å². The highest BCUT2D eigenvalue weighted by molar-refractivity contribution is 7.22. The van der Waals surface area contributed by atoms with Gasteiger partial charge in [0.05, 0.1) is 34.1 Å². The van der Waals surface area contributed by atoms with E-state index in [9.17, 15) is 4.79 Å². The summed E-state index contributed by atoms with van der Waals surface area (Å²) in [5.74, 6) is 0.681. The van der Waals surface area contributed by atoms with Crippen molar-refractivity contribution in [2.75, 3.05) is 39.2 Å². The molecule has 0 unspecified atom stereocenters. The molecule has 2 aromatic heterocycles. The Morgan fingerprint density at radius 2 is 1.66 bits per heavy atom. The molecule has 35 heavy (non-hydrogen) atoms. The number of hydrogen-bond acceptors (Lipinski definition) is 6. The number of amides is 1. The van der Waals surface area contributed by atoms with Crippen LogP contribution in [0.3, 0.4) is 0 Å². The Morgan fingerprint density at radius 3 is 2.43 bits per heavy atom. The Labute approximate surface area is 208 Å². The second-order valence-corrected chi connectivity index (χ2v) is 9.54. The number of benzene rings is 3. The molecule has 176 valence electrons. The van der Waals surface area contributed by atoms with Crippen LogP contribution in [0.5, 0.6) is 5.75 Å². The molecule has 0 N–H and O–H groups in total. The van der Waals surface area contributed by atoms with Crippen molar-refractivity contribution < 1.29 is 9.53 Å². The van der Waals surface area contributed by atoms with Gasteiger partial charge in [0.1, 0.15) is 5.75 Å². The number of hydrogen-bond donors (Lipinski definition) is 0. The summed E-state index contributed by atoms with van der Waals surface area (Å²) in [4.78, 5) is 27.7. The zero-order valence-electron chi connectivity index (χ0n) is 19.9. The molecule has 0 spiro atoms. The second kappa shape index (κ2) is 9.82. The quantitative estimate of drug-likeness (QED) is 0.297. The summed E-state index contributed by atoms with van der Waals surface area (Å²) >= 11 is 1.50. The number of thiazole rings is 1. The van der Waals surface area contributed by atoms with E-state index in [4.69, 9.17) is 14.7 Å². The Bertz CT molecular complexity index is 1500. The minimum Gasteiger partial charge on any atom is -0.497 e. The van der Waals surface area contributed by atoms with Crippen LogP contribution in [0.4, 0.5) is 5.13 Å². The summed E-state index contributed by atoms with van der Waals surface area (Å²) < 4.78 is 6.35.